The molecule has 0 spiro atoms. The SMILES string of the molecule is O=C(Nc1ccc(-c2cscn2)cc1)[C@@H]1CCCN(C(=O)c2cnsn2)C1. The lowest BCUT2D eigenvalue weighted by Gasteiger charge is -2.31. The molecule has 2 aromatic heterocycles. The maximum atomic E-state index is 12.7. The first-order chi connectivity index (χ1) is 13.2. The lowest BCUT2D eigenvalue weighted by molar-refractivity contribution is -0.121. The minimum absolute atomic E-state index is 0.0645. The molecule has 4 rings (SSSR count). The first-order valence-corrected chi connectivity index (χ1v) is 10.2. The monoisotopic (exact) mass is 399 g/mol. The molecular formula is C18H17N5O2S2. The van der Waals surface area contributed by atoms with Gasteiger partial charge in [-0.2, -0.15) is 8.75 Å². The summed E-state index contributed by atoms with van der Waals surface area (Å²) in [4.78, 5) is 31.1. The van der Waals surface area contributed by atoms with Gasteiger partial charge in [0.25, 0.3) is 5.91 Å². The molecule has 3 heterocycles. The fourth-order valence-corrected chi connectivity index (χ4v) is 4.09. The fraction of sp³-hybridized carbons (Fsp3) is 0.278. The molecule has 0 bridgehead atoms. The molecule has 1 aliphatic rings. The number of rotatable bonds is 4. The van der Waals surface area contributed by atoms with Gasteiger partial charge in [0.1, 0.15) is 0 Å². The van der Waals surface area contributed by atoms with Crippen LogP contribution in [0.15, 0.2) is 41.4 Å². The lowest BCUT2D eigenvalue weighted by atomic mass is 9.96. The van der Waals surface area contributed by atoms with Crippen LogP contribution in [-0.4, -0.2) is 43.5 Å². The number of nitrogens with zero attached hydrogens (tertiary/aromatic N) is 4. The number of hydrogen-bond acceptors (Lipinski definition) is 7. The van der Waals surface area contributed by atoms with Gasteiger partial charge in [0, 0.05) is 29.7 Å². The highest BCUT2D eigenvalue weighted by atomic mass is 32.1. The molecule has 0 saturated carbocycles. The summed E-state index contributed by atoms with van der Waals surface area (Å²) in [6.07, 6.45) is 3.03. The van der Waals surface area contributed by atoms with Crippen LogP contribution >= 0.6 is 23.1 Å². The summed E-state index contributed by atoms with van der Waals surface area (Å²) in [7, 11) is 0. The van der Waals surface area contributed by atoms with Crippen molar-refractivity contribution in [2.24, 2.45) is 5.92 Å². The van der Waals surface area contributed by atoms with Crippen LogP contribution < -0.4 is 5.32 Å². The van der Waals surface area contributed by atoms with E-state index < -0.39 is 0 Å². The van der Waals surface area contributed by atoms with Gasteiger partial charge in [0.05, 0.1) is 35.0 Å². The Balaban J connectivity index is 1.38. The molecule has 1 atom stereocenters. The molecule has 1 aliphatic heterocycles. The standard InChI is InChI=1S/C18H17N5O2S2/c24-17(21-14-5-3-12(4-6-14)16-10-26-11-19-16)13-2-1-7-23(9-13)18(25)15-8-20-27-22-15/h3-6,8,10-11,13H,1-2,7,9H2,(H,21,24)/t13-/m1/s1. The number of anilines is 1. The van der Waals surface area contributed by atoms with Crippen molar-refractivity contribution < 1.29 is 9.59 Å². The van der Waals surface area contributed by atoms with E-state index in [1.807, 2.05) is 29.6 Å². The molecule has 1 N–H and O–H groups in total. The lowest BCUT2D eigenvalue weighted by Crippen LogP contribution is -2.43. The topological polar surface area (TPSA) is 88.1 Å². The molecule has 2 amide bonds. The molecular weight excluding hydrogens is 382 g/mol. The number of nitrogens with one attached hydrogen (secondary N) is 1. The Morgan fingerprint density at radius 3 is 2.78 bits per heavy atom. The average Bonchev–Trinajstić information content (AvgIpc) is 3.42. The van der Waals surface area contributed by atoms with Gasteiger partial charge in [0.2, 0.25) is 5.91 Å². The van der Waals surface area contributed by atoms with Crippen LogP contribution in [0.5, 0.6) is 0 Å². The molecule has 0 unspecified atom stereocenters. The second-order valence-corrected chi connectivity index (χ2v) is 7.60. The number of hydrogen-bond donors (Lipinski definition) is 1. The van der Waals surface area contributed by atoms with E-state index in [-0.39, 0.29) is 17.7 Å². The number of benzene rings is 1. The van der Waals surface area contributed by atoms with Crippen molar-refractivity contribution in [2.75, 3.05) is 18.4 Å². The summed E-state index contributed by atoms with van der Waals surface area (Å²) in [6, 6.07) is 7.63. The first-order valence-electron chi connectivity index (χ1n) is 8.57. The van der Waals surface area contributed by atoms with Gasteiger partial charge in [-0.1, -0.05) is 12.1 Å². The van der Waals surface area contributed by atoms with E-state index in [1.165, 1.54) is 6.20 Å². The zero-order valence-electron chi connectivity index (χ0n) is 14.4. The fourth-order valence-electron chi connectivity index (χ4n) is 3.12. The van der Waals surface area contributed by atoms with Gasteiger partial charge in [-0.3, -0.25) is 9.59 Å². The van der Waals surface area contributed by atoms with Gasteiger partial charge in [0.15, 0.2) is 5.69 Å². The molecule has 138 valence electrons. The maximum Gasteiger partial charge on any atom is 0.275 e. The summed E-state index contributed by atoms with van der Waals surface area (Å²) >= 11 is 2.56. The van der Waals surface area contributed by atoms with Crippen molar-refractivity contribution >= 4 is 40.6 Å². The zero-order chi connectivity index (χ0) is 18.6. The van der Waals surface area contributed by atoms with Crippen LogP contribution in [0.2, 0.25) is 0 Å². The van der Waals surface area contributed by atoms with Gasteiger partial charge in [-0.05, 0) is 25.0 Å². The zero-order valence-corrected chi connectivity index (χ0v) is 16.0. The third-order valence-corrected chi connectivity index (χ3v) is 5.60. The average molecular weight is 400 g/mol. The van der Waals surface area contributed by atoms with Gasteiger partial charge in [-0.25, -0.2) is 4.98 Å². The molecule has 27 heavy (non-hydrogen) atoms. The Kier molecular flexibility index (Phi) is 5.21. The highest BCUT2D eigenvalue weighted by molar-refractivity contribution is 7.07. The quantitative estimate of drug-likeness (QED) is 0.728. The van der Waals surface area contributed by atoms with Gasteiger partial charge in [-0.15, -0.1) is 11.3 Å². The van der Waals surface area contributed by atoms with Crippen molar-refractivity contribution in [3.8, 4) is 11.3 Å². The largest absolute Gasteiger partial charge is 0.336 e. The van der Waals surface area contributed by atoms with Gasteiger partial charge < -0.3 is 10.2 Å². The molecule has 1 fully saturated rings. The van der Waals surface area contributed by atoms with E-state index in [2.05, 4.69) is 19.0 Å². The Morgan fingerprint density at radius 1 is 1.22 bits per heavy atom. The Labute approximate surface area is 164 Å². The van der Waals surface area contributed by atoms with Crippen molar-refractivity contribution in [3.05, 3.63) is 47.0 Å². The summed E-state index contributed by atoms with van der Waals surface area (Å²) < 4.78 is 7.87. The van der Waals surface area contributed by atoms with Crippen molar-refractivity contribution in [2.45, 2.75) is 12.8 Å². The smallest absolute Gasteiger partial charge is 0.275 e. The molecule has 0 aliphatic carbocycles. The number of amides is 2. The van der Waals surface area contributed by atoms with Crippen LogP contribution in [0.25, 0.3) is 11.3 Å². The molecule has 9 heteroatoms. The summed E-state index contributed by atoms with van der Waals surface area (Å²) in [5, 5.41) is 4.94. The number of likely N-dealkylation sites (tertiary alicyclic amines) is 1. The Morgan fingerprint density at radius 2 is 2.07 bits per heavy atom. The normalized spacial score (nSPS) is 16.9. The number of aromatic nitrogens is 3. The van der Waals surface area contributed by atoms with Crippen LogP contribution in [0.1, 0.15) is 23.3 Å². The third kappa shape index (κ3) is 4.04. The second kappa shape index (κ2) is 7.93. The third-order valence-electron chi connectivity index (χ3n) is 4.54. The number of carbonyl (C=O) groups is 2. The van der Waals surface area contributed by atoms with Crippen molar-refractivity contribution in [3.63, 3.8) is 0 Å². The van der Waals surface area contributed by atoms with E-state index in [1.54, 1.807) is 21.7 Å². The highest BCUT2D eigenvalue weighted by Gasteiger charge is 2.29. The van der Waals surface area contributed by atoms with E-state index in [0.29, 0.717) is 18.8 Å². The van der Waals surface area contributed by atoms with Crippen LogP contribution in [0, 0.1) is 5.92 Å². The van der Waals surface area contributed by atoms with E-state index in [4.69, 9.17) is 0 Å². The molecule has 0 radical (unpaired) electrons. The van der Waals surface area contributed by atoms with E-state index >= 15 is 0 Å². The minimum atomic E-state index is -0.229. The van der Waals surface area contributed by atoms with Crippen LogP contribution in [-0.2, 0) is 4.79 Å². The number of piperidine rings is 1. The summed E-state index contributed by atoms with van der Waals surface area (Å²) in [6.45, 7) is 1.04. The predicted octanol–water partition coefficient (Wildman–Crippen LogP) is 3.15. The van der Waals surface area contributed by atoms with E-state index in [0.717, 1.165) is 41.5 Å². The molecule has 7 nitrogen and oxygen atoms in total. The molecule has 1 saturated heterocycles. The number of carbonyl (C=O) groups excluding carboxylic acids is 2. The van der Waals surface area contributed by atoms with Gasteiger partial charge >= 0.3 is 0 Å². The predicted molar refractivity (Wildman–Crippen MR) is 105 cm³/mol. The van der Waals surface area contributed by atoms with Crippen molar-refractivity contribution in [1.82, 2.24) is 18.6 Å². The summed E-state index contributed by atoms with van der Waals surface area (Å²) in [5.74, 6) is -0.452. The second-order valence-electron chi connectivity index (χ2n) is 6.32. The minimum Gasteiger partial charge on any atom is -0.336 e. The molecule has 3 aromatic rings. The van der Waals surface area contributed by atoms with Crippen LogP contribution in [0.3, 0.4) is 0 Å². The number of thiazole rings is 1. The highest BCUT2D eigenvalue weighted by Crippen LogP contribution is 2.23. The summed E-state index contributed by atoms with van der Waals surface area (Å²) in [5.41, 5.74) is 4.82. The van der Waals surface area contributed by atoms with Crippen molar-refractivity contribution in [1.29, 1.82) is 0 Å². The first kappa shape index (κ1) is 17.7. The van der Waals surface area contributed by atoms with E-state index in [9.17, 15) is 9.59 Å². The van der Waals surface area contributed by atoms with Crippen LogP contribution in [0.4, 0.5) is 5.69 Å². The Bertz CT molecular complexity index is 910. The maximum absolute atomic E-state index is 12.7. The molecule has 1 aromatic carbocycles. The Hall–Kier alpha value is -2.65.